The third-order valence-electron chi connectivity index (χ3n) is 3.97. The van der Waals surface area contributed by atoms with Gasteiger partial charge < -0.3 is 14.8 Å². The second kappa shape index (κ2) is 4.65. The quantitative estimate of drug-likeness (QED) is 0.839. The average Bonchev–Trinajstić information content (AvgIpc) is 2.64. The van der Waals surface area contributed by atoms with Crippen LogP contribution in [0.15, 0.2) is 10.5 Å². The van der Waals surface area contributed by atoms with Gasteiger partial charge >= 0.3 is 0 Å². The summed E-state index contributed by atoms with van der Waals surface area (Å²) in [4.78, 5) is 12.1. The van der Waals surface area contributed by atoms with Crippen molar-refractivity contribution in [3.8, 4) is 0 Å². The van der Waals surface area contributed by atoms with E-state index < -0.39 is 15.3 Å². The maximum absolute atomic E-state index is 12.1. The number of halogens is 2. The van der Waals surface area contributed by atoms with E-state index in [-0.39, 0.29) is 12.5 Å². The van der Waals surface area contributed by atoms with Crippen LogP contribution in [0.1, 0.15) is 37.4 Å². The molecule has 20 heavy (non-hydrogen) atoms. The van der Waals surface area contributed by atoms with Gasteiger partial charge in [-0.25, -0.2) is 0 Å². The van der Waals surface area contributed by atoms with Crippen LogP contribution in [-0.2, 0) is 10.4 Å². The molecule has 1 aliphatic carbocycles. The first-order valence-electron chi connectivity index (χ1n) is 6.46. The van der Waals surface area contributed by atoms with Crippen molar-refractivity contribution in [3.63, 3.8) is 0 Å². The summed E-state index contributed by atoms with van der Waals surface area (Å²) in [5, 5.41) is 13.2. The van der Waals surface area contributed by atoms with Gasteiger partial charge in [0, 0.05) is 5.56 Å². The van der Waals surface area contributed by atoms with Crippen molar-refractivity contribution in [2.24, 2.45) is 5.41 Å². The number of hydrogen-bond acceptors (Lipinski definition) is 3. The lowest BCUT2D eigenvalue weighted by atomic mass is 9.95. The Balaban J connectivity index is 2.04. The van der Waals surface area contributed by atoms with E-state index in [4.69, 9.17) is 27.6 Å². The van der Waals surface area contributed by atoms with Crippen LogP contribution >= 0.6 is 23.2 Å². The van der Waals surface area contributed by atoms with Gasteiger partial charge in [-0.2, -0.15) is 0 Å². The van der Waals surface area contributed by atoms with Crippen LogP contribution in [0.25, 0.3) is 0 Å². The molecular formula is C14H19Cl2NO3. The summed E-state index contributed by atoms with van der Waals surface area (Å²) < 4.78 is 4.40. The fourth-order valence-electron chi connectivity index (χ4n) is 2.35. The zero-order valence-electron chi connectivity index (χ0n) is 12.0. The van der Waals surface area contributed by atoms with Gasteiger partial charge in [0.05, 0.1) is 12.0 Å². The van der Waals surface area contributed by atoms with Crippen molar-refractivity contribution in [1.82, 2.24) is 5.32 Å². The summed E-state index contributed by atoms with van der Waals surface area (Å²) in [6, 6.07) is 1.77. The summed E-state index contributed by atoms with van der Waals surface area (Å²) in [5.41, 5.74) is -1.32. The van der Waals surface area contributed by atoms with Gasteiger partial charge in [-0.05, 0) is 40.2 Å². The van der Waals surface area contributed by atoms with E-state index in [0.29, 0.717) is 17.7 Å². The molecule has 2 atom stereocenters. The molecule has 0 saturated heterocycles. The molecular weight excluding hydrogens is 301 g/mol. The van der Waals surface area contributed by atoms with E-state index in [1.54, 1.807) is 26.8 Å². The molecule has 2 N–H and O–H groups in total. The van der Waals surface area contributed by atoms with Crippen molar-refractivity contribution in [1.29, 1.82) is 0 Å². The summed E-state index contributed by atoms with van der Waals surface area (Å²) in [7, 11) is 0. The molecule has 2 unspecified atom stereocenters. The standard InChI is InChI=1S/C14H19Cl2NO3/c1-8-5-10(9(2)20-8)13(4,19)7-17-11(18)12(3)6-14(12,15)16/h5,19H,6-7H2,1-4H3,(H,17,18). The molecule has 0 spiro atoms. The van der Waals surface area contributed by atoms with Gasteiger partial charge in [0.2, 0.25) is 5.91 Å². The highest BCUT2D eigenvalue weighted by atomic mass is 35.5. The van der Waals surface area contributed by atoms with Crippen LogP contribution < -0.4 is 5.32 Å². The van der Waals surface area contributed by atoms with E-state index in [9.17, 15) is 9.90 Å². The lowest BCUT2D eigenvalue weighted by Gasteiger charge is -2.24. The van der Waals surface area contributed by atoms with Crippen molar-refractivity contribution in [2.45, 2.75) is 44.1 Å². The lowest BCUT2D eigenvalue weighted by Crippen LogP contribution is -2.42. The first-order chi connectivity index (χ1) is 8.99. The van der Waals surface area contributed by atoms with Gasteiger partial charge in [-0.15, -0.1) is 23.2 Å². The van der Waals surface area contributed by atoms with Crippen LogP contribution in [-0.4, -0.2) is 21.9 Å². The first kappa shape index (κ1) is 15.7. The Labute approximate surface area is 128 Å². The maximum atomic E-state index is 12.1. The smallest absolute Gasteiger partial charge is 0.229 e. The molecule has 6 heteroatoms. The highest BCUT2D eigenvalue weighted by Gasteiger charge is 2.67. The fraction of sp³-hybridized carbons (Fsp3) is 0.643. The third kappa shape index (κ3) is 2.57. The Kier molecular flexibility index (Phi) is 3.64. The molecule has 4 nitrogen and oxygen atoms in total. The van der Waals surface area contributed by atoms with Crippen molar-refractivity contribution in [2.75, 3.05) is 6.54 Å². The van der Waals surface area contributed by atoms with Crippen molar-refractivity contribution in [3.05, 3.63) is 23.2 Å². The molecule has 112 valence electrons. The number of amides is 1. The zero-order valence-corrected chi connectivity index (χ0v) is 13.5. The van der Waals surface area contributed by atoms with Crippen LogP contribution in [0, 0.1) is 19.3 Å². The maximum Gasteiger partial charge on any atom is 0.229 e. The van der Waals surface area contributed by atoms with Crippen molar-refractivity contribution >= 4 is 29.1 Å². The molecule has 1 aliphatic rings. The van der Waals surface area contributed by atoms with Crippen molar-refractivity contribution < 1.29 is 14.3 Å². The number of hydrogen-bond donors (Lipinski definition) is 2. The number of alkyl halides is 2. The molecule has 2 rings (SSSR count). The van der Waals surface area contributed by atoms with E-state index in [1.807, 2.05) is 6.92 Å². The van der Waals surface area contributed by atoms with Crippen LogP contribution in [0.2, 0.25) is 0 Å². The second-order valence-electron chi connectivity index (χ2n) is 6.00. The Morgan fingerprint density at radius 1 is 1.55 bits per heavy atom. The van der Waals surface area contributed by atoms with E-state index in [1.165, 1.54) is 0 Å². The SMILES string of the molecule is Cc1cc(C(C)(O)CNC(=O)C2(C)CC2(Cl)Cl)c(C)o1. The Bertz CT molecular complexity index is 551. The highest BCUT2D eigenvalue weighted by Crippen LogP contribution is 2.63. The van der Waals surface area contributed by atoms with Gasteiger partial charge in [0.1, 0.15) is 21.5 Å². The first-order valence-corrected chi connectivity index (χ1v) is 7.21. The molecule has 0 aromatic carbocycles. The summed E-state index contributed by atoms with van der Waals surface area (Å²) in [5.74, 6) is 1.11. The monoisotopic (exact) mass is 319 g/mol. The number of furan rings is 1. The van der Waals surface area contributed by atoms with E-state index >= 15 is 0 Å². The third-order valence-corrected chi connectivity index (χ3v) is 5.07. The second-order valence-corrected chi connectivity index (χ2v) is 7.48. The Hall–Kier alpha value is -0.710. The summed E-state index contributed by atoms with van der Waals surface area (Å²) in [6.45, 7) is 7.01. The molecule has 1 amide bonds. The predicted octanol–water partition coefficient (Wildman–Crippen LogP) is 2.80. The van der Waals surface area contributed by atoms with Gasteiger partial charge in [0.15, 0.2) is 0 Å². The lowest BCUT2D eigenvalue weighted by molar-refractivity contribution is -0.127. The predicted molar refractivity (Wildman–Crippen MR) is 77.9 cm³/mol. The van der Waals surface area contributed by atoms with Crippen LogP contribution in [0.4, 0.5) is 0 Å². The van der Waals surface area contributed by atoms with E-state index in [0.717, 1.165) is 5.76 Å². The molecule has 1 aromatic heterocycles. The molecule has 1 fully saturated rings. The molecule has 1 saturated carbocycles. The Morgan fingerprint density at radius 3 is 2.50 bits per heavy atom. The molecule has 0 aliphatic heterocycles. The molecule has 0 bridgehead atoms. The number of carbonyl (C=O) groups is 1. The summed E-state index contributed by atoms with van der Waals surface area (Å²) >= 11 is 11.9. The number of rotatable bonds is 4. The Morgan fingerprint density at radius 2 is 2.10 bits per heavy atom. The highest BCUT2D eigenvalue weighted by molar-refractivity contribution is 6.53. The fourth-order valence-corrected chi connectivity index (χ4v) is 3.06. The summed E-state index contributed by atoms with van der Waals surface area (Å²) in [6.07, 6.45) is 0.418. The molecule has 0 radical (unpaired) electrons. The number of aliphatic hydroxyl groups is 1. The number of nitrogens with one attached hydrogen (secondary N) is 1. The zero-order chi connectivity index (χ0) is 15.3. The minimum atomic E-state index is -1.20. The topological polar surface area (TPSA) is 62.5 Å². The van der Waals surface area contributed by atoms with Crippen LogP contribution in [0.3, 0.4) is 0 Å². The van der Waals surface area contributed by atoms with Gasteiger partial charge in [-0.1, -0.05) is 0 Å². The molecule has 1 heterocycles. The van der Waals surface area contributed by atoms with Gasteiger partial charge in [-0.3, -0.25) is 4.79 Å². The average molecular weight is 320 g/mol. The normalized spacial score (nSPS) is 26.9. The van der Waals surface area contributed by atoms with E-state index in [2.05, 4.69) is 5.32 Å². The number of carbonyl (C=O) groups excluding carboxylic acids is 1. The number of aryl methyl sites for hydroxylation is 2. The minimum Gasteiger partial charge on any atom is -0.466 e. The minimum absolute atomic E-state index is 0.0745. The molecule has 1 aromatic rings. The largest absolute Gasteiger partial charge is 0.466 e. The van der Waals surface area contributed by atoms with Crippen LogP contribution in [0.5, 0.6) is 0 Å². The van der Waals surface area contributed by atoms with Gasteiger partial charge in [0.25, 0.3) is 0 Å².